The summed E-state index contributed by atoms with van der Waals surface area (Å²) in [5, 5.41) is 13.6. The smallest absolute Gasteiger partial charge is 0.251 e. The van der Waals surface area contributed by atoms with Crippen LogP contribution in [0.3, 0.4) is 0 Å². The van der Waals surface area contributed by atoms with Crippen LogP contribution in [0, 0.1) is 5.92 Å². The Balaban J connectivity index is 1.52. The van der Waals surface area contributed by atoms with Gasteiger partial charge in [-0.3, -0.25) is 9.69 Å². The lowest BCUT2D eigenvalue weighted by Crippen LogP contribution is -2.39. The number of nitrogens with one attached hydrogen (secondary N) is 1. The van der Waals surface area contributed by atoms with Crippen molar-refractivity contribution in [3.8, 4) is 5.75 Å². The van der Waals surface area contributed by atoms with Gasteiger partial charge in [0.2, 0.25) is 0 Å². The van der Waals surface area contributed by atoms with Crippen LogP contribution in [0.1, 0.15) is 43.0 Å². The van der Waals surface area contributed by atoms with Gasteiger partial charge in [-0.15, -0.1) is 6.58 Å². The summed E-state index contributed by atoms with van der Waals surface area (Å²) in [5.41, 5.74) is -0.0327. The Morgan fingerprint density at radius 2 is 2.28 bits per heavy atom. The number of nitrogens with zero attached hydrogens (tertiary/aromatic N) is 1. The van der Waals surface area contributed by atoms with Gasteiger partial charge in [-0.1, -0.05) is 19.1 Å². The molecule has 1 aromatic carbocycles. The molecule has 0 radical (unpaired) electrons. The third kappa shape index (κ3) is 6.04. The van der Waals surface area contributed by atoms with Crippen LogP contribution in [-0.4, -0.2) is 67.0 Å². The normalized spacial score (nSPS) is 26.1. The molecule has 6 heteroatoms. The average Bonchev–Trinajstić information content (AvgIpc) is 3.15. The highest BCUT2D eigenvalue weighted by Gasteiger charge is 2.38. The van der Waals surface area contributed by atoms with Crippen LogP contribution in [0.2, 0.25) is 0 Å². The van der Waals surface area contributed by atoms with Crippen molar-refractivity contribution in [1.82, 2.24) is 10.2 Å². The Kier molecular flexibility index (Phi) is 7.70. The van der Waals surface area contributed by atoms with E-state index in [1.54, 1.807) is 18.2 Å². The van der Waals surface area contributed by atoms with E-state index < -0.39 is 5.60 Å². The second kappa shape index (κ2) is 10.2. The quantitative estimate of drug-likeness (QED) is 0.622. The maximum absolute atomic E-state index is 12.8. The van der Waals surface area contributed by atoms with Gasteiger partial charge < -0.3 is 19.9 Å². The van der Waals surface area contributed by atoms with Crippen molar-refractivity contribution >= 4 is 5.91 Å². The molecule has 29 heavy (non-hydrogen) atoms. The lowest BCUT2D eigenvalue weighted by molar-refractivity contribution is 0.0322. The molecule has 3 unspecified atom stereocenters. The lowest BCUT2D eigenvalue weighted by Gasteiger charge is -2.26. The van der Waals surface area contributed by atoms with Crippen LogP contribution in [0.15, 0.2) is 36.9 Å². The molecule has 160 valence electrons. The maximum Gasteiger partial charge on any atom is 0.251 e. The average molecular weight is 403 g/mol. The molecular weight excluding hydrogens is 368 g/mol. The molecule has 2 N–H and O–H groups in total. The summed E-state index contributed by atoms with van der Waals surface area (Å²) in [6.07, 6.45) is 4.90. The molecule has 3 atom stereocenters. The fraction of sp³-hybridized carbons (Fsp3) is 0.609. The van der Waals surface area contributed by atoms with E-state index in [0.29, 0.717) is 24.3 Å². The number of morpholine rings is 1. The van der Waals surface area contributed by atoms with Crippen LogP contribution >= 0.6 is 0 Å². The van der Waals surface area contributed by atoms with E-state index in [9.17, 15) is 9.90 Å². The number of benzene rings is 1. The van der Waals surface area contributed by atoms with Crippen LogP contribution in [0.4, 0.5) is 0 Å². The second-order valence-corrected chi connectivity index (χ2v) is 8.15. The van der Waals surface area contributed by atoms with Crippen LogP contribution < -0.4 is 10.1 Å². The Labute approximate surface area is 173 Å². The first kappa shape index (κ1) is 21.8. The van der Waals surface area contributed by atoms with E-state index in [2.05, 4.69) is 16.8 Å². The highest BCUT2D eigenvalue weighted by atomic mass is 16.5. The van der Waals surface area contributed by atoms with Crippen molar-refractivity contribution in [3.05, 3.63) is 42.5 Å². The molecule has 1 saturated carbocycles. The Morgan fingerprint density at radius 1 is 1.48 bits per heavy atom. The van der Waals surface area contributed by atoms with Gasteiger partial charge in [0.1, 0.15) is 12.4 Å². The first-order valence-electron chi connectivity index (χ1n) is 10.7. The van der Waals surface area contributed by atoms with E-state index in [-0.39, 0.29) is 17.9 Å². The fourth-order valence-corrected chi connectivity index (χ4v) is 4.22. The van der Waals surface area contributed by atoms with Gasteiger partial charge in [0.15, 0.2) is 0 Å². The second-order valence-electron chi connectivity index (χ2n) is 8.15. The summed E-state index contributed by atoms with van der Waals surface area (Å²) in [6, 6.07) is 7.15. The topological polar surface area (TPSA) is 71.0 Å². The Hall–Kier alpha value is -1.89. The molecule has 0 aromatic heterocycles. The monoisotopic (exact) mass is 402 g/mol. The van der Waals surface area contributed by atoms with Gasteiger partial charge in [0.05, 0.1) is 24.9 Å². The highest BCUT2D eigenvalue weighted by Crippen LogP contribution is 2.38. The van der Waals surface area contributed by atoms with Crippen molar-refractivity contribution in [2.24, 2.45) is 5.92 Å². The van der Waals surface area contributed by atoms with Gasteiger partial charge in [0, 0.05) is 25.2 Å². The minimum absolute atomic E-state index is 0.138. The summed E-state index contributed by atoms with van der Waals surface area (Å²) < 4.78 is 11.2. The van der Waals surface area contributed by atoms with Crippen molar-refractivity contribution in [3.63, 3.8) is 0 Å². The molecule has 1 aliphatic carbocycles. The minimum atomic E-state index is -0.606. The van der Waals surface area contributed by atoms with E-state index in [1.165, 1.54) is 0 Å². The van der Waals surface area contributed by atoms with E-state index in [1.807, 2.05) is 19.1 Å². The zero-order chi connectivity index (χ0) is 20.7. The summed E-state index contributed by atoms with van der Waals surface area (Å²) in [5.74, 6) is 0.775. The number of amides is 1. The molecule has 6 nitrogen and oxygen atoms in total. The number of hydrogen-bond acceptors (Lipinski definition) is 5. The van der Waals surface area contributed by atoms with Crippen LogP contribution in [0.5, 0.6) is 5.75 Å². The number of carbonyl (C=O) groups excluding carboxylic acids is 1. The molecule has 3 rings (SSSR count). The molecule has 1 aliphatic heterocycles. The summed E-state index contributed by atoms with van der Waals surface area (Å²) in [7, 11) is 0. The van der Waals surface area contributed by atoms with Crippen molar-refractivity contribution in [1.29, 1.82) is 0 Å². The zero-order valence-corrected chi connectivity index (χ0v) is 17.4. The predicted molar refractivity (Wildman–Crippen MR) is 113 cm³/mol. The van der Waals surface area contributed by atoms with Gasteiger partial charge >= 0.3 is 0 Å². The molecule has 2 aliphatic rings. The SMILES string of the molecule is C=CC(NC(=O)c1cccc(OCCN2CCOCC2)c1)C1CCC(O)(CC)C1. The standard InChI is InChI=1S/C23H34N2O4/c1-3-21(19-8-9-23(27,4-2)17-19)24-22(26)18-6-5-7-20(16-18)29-15-12-25-10-13-28-14-11-25/h3,5-7,16,19,21,27H,1,4,8-15,17H2,2H3,(H,24,26). The third-order valence-corrected chi connectivity index (χ3v) is 6.22. The maximum atomic E-state index is 12.8. The van der Waals surface area contributed by atoms with E-state index >= 15 is 0 Å². The molecule has 1 amide bonds. The molecule has 0 spiro atoms. The Bertz CT molecular complexity index is 689. The molecular formula is C23H34N2O4. The number of ether oxygens (including phenoxy) is 2. The van der Waals surface area contributed by atoms with Crippen molar-refractivity contribution in [2.75, 3.05) is 39.5 Å². The molecule has 1 heterocycles. The van der Waals surface area contributed by atoms with Crippen molar-refractivity contribution < 1.29 is 19.4 Å². The zero-order valence-electron chi connectivity index (χ0n) is 17.4. The van der Waals surface area contributed by atoms with E-state index in [4.69, 9.17) is 9.47 Å². The molecule has 1 aromatic rings. The first-order chi connectivity index (χ1) is 14.0. The minimum Gasteiger partial charge on any atom is -0.492 e. The van der Waals surface area contributed by atoms with Crippen LogP contribution in [0.25, 0.3) is 0 Å². The number of hydrogen-bond donors (Lipinski definition) is 2. The van der Waals surface area contributed by atoms with E-state index in [0.717, 1.165) is 52.1 Å². The Morgan fingerprint density at radius 3 is 2.97 bits per heavy atom. The number of carbonyl (C=O) groups is 1. The summed E-state index contributed by atoms with van der Waals surface area (Å²) in [4.78, 5) is 15.1. The van der Waals surface area contributed by atoms with Gasteiger partial charge in [0.25, 0.3) is 5.91 Å². The fourth-order valence-electron chi connectivity index (χ4n) is 4.22. The highest BCUT2D eigenvalue weighted by molar-refractivity contribution is 5.94. The van der Waals surface area contributed by atoms with Crippen molar-refractivity contribution in [2.45, 2.75) is 44.2 Å². The van der Waals surface area contributed by atoms with Gasteiger partial charge in [-0.05, 0) is 49.8 Å². The van der Waals surface area contributed by atoms with Gasteiger partial charge in [-0.25, -0.2) is 0 Å². The van der Waals surface area contributed by atoms with Gasteiger partial charge in [-0.2, -0.15) is 0 Å². The third-order valence-electron chi connectivity index (χ3n) is 6.22. The number of rotatable bonds is 9. The summed E-state index contributed by atoms with van der Waals surface area (Å²) in [6.45, 7) is 10.7. The number of aliphatic hydroxyl groups is 1. The lowest BCUT2D eigenvalue weighted by atomic mass is 9.93. The predicted octanol–water partition coefficient (Wildman–Crippen LogP) is 2.62. The largest absolute Gasteiger partial charge is 0.492 e. The van der Waals surface area contributed by atoms with Crippen LogP contribution in [-0.2, 0) is 4.74 Å². The molecule has 0 bridgehead atoms. The summed E-state index contributed by atoms with van der Waals surface area (Å²) >= 11 is 0. The molecule has 1 saturated heterocycles. The first-order valence-corrected chi connectivity index (χ1v) is 10.7. The molecule has 2 fully saturated rings.